The summed E-state index contributed by atoms with van der Waals surface area (Å²) in [6.07, 6.45) is 0.698. The Kier molecular flexibility index (Phi) is 4.81. The molecule has 6 nitrogen and oxygen atoms in total. The fourth-order valence-electron chi connectivity index (χ4n) is 2.07. The van der Waals surface area contributed by atoms with Gasteiger partial charge in [-0.2, -0.15) is 0 Å². The molecule has 1 aliphatic rings. The van der Waals surface area contributed by atoms with Crippen LogP contribution < -0.4 is 15.4 Å². The molecule has 0 fully saturated rings. The summed E-state index contributed by atoms with van der Waals surface area (Å²) in [4.78, 5) is 22.9. The fourth-order valence-corrected chi connectivity index (χ4v) is 2.07. The van der Waals surface area contributed by atoms with Crippen molar-refractivity contribution in [3.63, 3.8) is 0 Å². The fraction of sp³-hybridized carbons (Fsp3) is 0.429. The molecule has 0 aliphatic carbocycles. The van der Waals surface area contributed by atoms with Gasteiger partial charge in [0.25, 0.3) is 0 Å². The number of nitrogens with one attached hydrogen (secondary N) is 2. The summed E-state index contributed by atoms with van der Waals surface area (Å²) in [5, 5.41) is 5.31. The molecule has 2 rings (SSSR count). The molecule has 6 heteroatoms. The lowest BCUT2D eigenvalue weighted by Crippen LogP contribution is -2.41. The summed E-state index contributed by atoms with van der Waals surface area (Å²) < 4.78 is 10.3. The molecule has 1 atom stereocenters. The lowest BCUT2D eigenvalue weighted by Gasteiger charge is -2.26. The highest BCUT2D eigenvalue weighted by Crippen LogP contribution is 2.31. The van der Waals surface area contributed by atoms with E-state index < -0.39 is 5.97 Å². The minimum atomic E-state index is -0.449. The van der Waals surface area contributed by atoms with Crippen molar-refractivity contribution in [2.75, 3.05) is 19.8 Å². The first-order valence-corrected chi connectivity index (χ1v) is 6.62. The average molecular weight is 278 g/mol. The van der Waals surface area contributed by atoms with E-state index >= 15 is 0 Å². The van der Waals surface area contributed by atoms with Gasteiger partial charge < -0.3 is 20.1 Å². The molecule has 1 aromatic rings. The molecule has 1 aromatic carbocycles. The smallest absolute Gasteiger partial charge is 0.325 e. The molecular weight excluding hydrogens is 260 g/mol. The molecule has 1 aliphatic heterocycles. The highest BCUT2D eigenvalue weighted by atomic mass is 16.5. The van der Waals surface area contributed by atoms with Gasteiger partial charge in [-0.25, -0.2) is 4.79 Å². The minimum Gasteiger partial charge on any atom is -0.493 e. The Balaban J connectivity index is 1.88. The van der Waals surface area contributed by atoms with E-state index in [9.17, 15) is 9.59 Å². The van der Waals surface area contributed by atoms with Crippen molar-refractivity contribution in [2.45, 2.75) is 19.4 Å². The summed E-state index contributed by atoms with van der Waals surface area (Å²) in [5.74, 6) is 0.337. The van der Waals surface area contributed by atoms with Gasteiger partial charge in [0.1, 0.15) is 12.3 Å². The summed E-state index contributed by atoms with van der Waals surface area (Å²) >= 11 is 0. The lowest BCUT2D eigenvalue weighted by molar-refractivity contribution is -0.141. The number of hydrogen-bond acceptors (Lipinski definition) is 4. The van der Waals surface area contributed by atoms with Crippen LogP contribution in [0.3, 0.4) is 0 Å². The summed E-state index contributed by atoms with van der Waals surface area (Å²) in [6.45, 7) is 2.44. The van der Waals surface area contributed by atoms with Gasteiger partial charge in [-0.05, 0) is 13.0 Å². The van der Waals surface area contributed by atoms with Crippen LogP contribution in [0.25, 0.3) is 0 Å². The molecule has 0 spiro atoms. The number of carbonyl (C=O) groups excluding carboxylic acids is 2. The molecule has 108 valence electrons. The lowest BCUT2D eigenvalue weighted by atomic mass is 10.0. The first-order chi connectivity index (χ1) is 9.70. The number of ether oxygens (including phenoxy) is 2. The predicted molar refractivity (Wildman–Crippen MR) is 72.5 cm³/mol. The van der Waals surface area contributed by atoms with Crippen LogP contribution in [0.1, 0.15) is 24.9 Å². The van der Waals surface area contributed by atoms with E-state index in [0.717, 1.165) is 11.3 Å². The van der Waals surface area contributed by atoms with Crippen LogP contribution in [-0.2, 0) is 9.53 Å². The number of esters is 1. The Morgan fingerprint density at radius 2 is 2.20 bits per heavy atom. The Morgan fingerprint density at radius 1 is 1.40 bits per heavy atom. The first kappa shape index (κ1) is 14.2. The topological polar surface area (TPSA) is 76.7 Å². The van der Waals surface area contributed by atoms with Gasteiger partial charge in [0.05, 0.1) is 19.3 Å². The van der Waals surface area contributed by atoms with Gasteiger partial charge in [0, 0.05) is 12.0 Å². The number of fused-ring (bicyclic) bond motifs is 1. The van der Waals surface area contributed by atoms with Gasteiger partial charge in [-0.1, -0.05) is 18.2 Å². The van der Waals surface area contributed by atoms with E-state index in [1.807, 2.05) is 24.3 Å². The zero-order valence-electron chi connectivity index (χ0n) is 11.3. The van der Waals surface area contributed by atoms with Gasteiger partial charge in [-0.15, -0.1) is 0 Å². The number of amides is 2. The van der Waals surface area contributed by atoms with Crippen LogP contribution in [0, 0.1) is 0 Å². The van der Waals surface area contributed by atoms with E-state index in [4.69, 9.17) is 9.47 Å². The van der Waals surface area contributed by atoms with Crippen LogP contribution in [0.4, 0.5) is 4.79 Å². The number of benzene rings is 1. The van der Waals surface area contributed by atoms with Crippen LogP contribution in [-0.4, -0.2) is 31.8 Å². The standard InChI is InChI=1S/C14H18N2O4/c1-2-19-13(17)9-15-14(18)16-11-7-8-20-12-6-4-3-5-10(11)12/h3-6,11H,2,7-9H2,1H3,(H2,15,16,18). The van der Waals surface area contributed by atoms with Gasteiger partial charge in [0.2, 0.25) is 0 Å². The Morgan fingerprint density at radius 3 is 3.00 bits per heavy atom. The van der Waals surface area contributed by atoms with Gasteiger partial charge >= 0.3 is 12.0 Å². The second-order valence-corrected chi connectivity index (χ2v) is 4.36. The van der Waals surface area contributed by atoms with E-state index in [0.29, 0.717) is 19.6 Å². The number of hydrogen-bond donors (Lipinski definition) is 2. The molecule has 20 heavy (non-hydrogen) atoms. The Hall–Kier alpha value is -2.24. The monoisotopic (exact) mass is 278 g/mol. The molecular formula is C14H18N2O4. The van der Waals surface area contributed by atoms with Crippen molar-refractivity contribution in [3.05, 3.63) is 29.8 Å². The van der Waals surface area contributed by atoms with E-state index in [2.05, 4.69) is 10.6 Å². The predicted octanol–water partition coefficient (Wildman–Crippen LogP) is 1.37. The molecule has 1 heterocycles. The maximum Gasteiger partial charge on any atom is 0.325 e. The van der Waals surface area contributed by atoms with Gasteiger partial charge in [0.15, 0.2) is 0 Å². The number of carbonyl (C=O) groups is 2. The maximum atomic E-state index is 11.8. The van der Waals surface area contributed by atoms with Crippen molar-refractivity contribution in [2.24, 2.45) is 0 Å². The largest absolute Gasteiger partial charge is 0.493 e. The number of urea groups is 1. The van der Waals surface area contributed by atoms with Gasteiger partial charge in [-0.3, -0.25) is 4.79 Å². The highest BCUT2D eigenvalue weighted by Gasteiger charge is 2.22. The second kappa shape index (κ2) is 6.79. The molecule has 0 bridgehead atoms. The SMILES string of the molecule is CCOC(=O)CNC(=O)NC1CCOc2ccccc21. The van der Waals surface area contributed by atoms with E-state index in [1.165, 1.54) is 0 Å². The zero-order chi connectivity index (χ0) is 14.4. The van der Waals surface area contributed by atoms with Crippen molar-refractivity contribution in [1.82, 2.24) is 10.6 Å². The van der Waals surface area contributed by atoms with Crippen LogP contribution >= 0.6 is 0 Å². The highest BCUT2D eigenvalue weighted by molar-refractivity contribution is 5.81. The molecule has 1 unspecified atom stereocenters. The van der Waals surface area contributed by atoms with Crippen molar-refractivity contribution < 1.29 is 19.1 Å². The van der Waals surface area contributed by atoms with Crippen LogP contribution in [0.15, 0.2) is 24.3 Å². The second-order valence-electron chi connectivity index (χ2n) is 4.36. The summed E-state index contributed by atoms with van der Waals surface area (Å²) in [7, 11) is 0. The molecule has 0 saturated heterocycles. The van der Waals surface area contributed by atoms with Crippen LogP contribution in [0.2, 0.25) is 0 Å². The summed E-state index contributed by atoms with van der Waals surface area (Å²) in [6, 6.07) is 7.09. The molecule has 0 radical (unpaired) electrons. The molecule has 2 N–H and O–H groups in total. The quantitative estimate of drug-likeness (QED) is 0.816. The molecule has 2 amide bonds. The Bertz CT molecular complexity index is 490. The average Bonchev–Trinajstić information content (AvgIpc) is 2.46. The van der Waals surface area contributed by atoms with Crippen molar-refractivity contribution in [1.29, 1.82) is 0 Å². The normalized spacial score (nSPS) is 16.6. The third-order valence-corrected chi connectivity index (χ3v) is 2.96. The Labute approximate surface area is 117 Å². The summed E-state index contributed by atoms with van der Waals surface area (Å²) in [5.41, 5.74) is 0.949. The van der Waals surface area contributed by atoms with Crippen molar-refractivity contribution >= 4 is 12.0 Å². The van der Waals surface area contributed by atoms with Crippen LogP contribution in [0.5, 0.6) is 5.75 Å². The minimum absolute atomic E-state index is 0.109. The maximum absolute atomic E-state index is 11.8. The van der Waals surface area contributed by atoms with E-state index in [1.54, 1.807) is 6.92 Å². The number of rotatable bonds is 4. The molecule has 0 saturated carbocycles. The molecule has 0 aromatic heterocycles. The van der Waals surface area contributed by atoms with Crippen molar-refractivity contribution in [3.8, 4) is 5.75 Å². The zero-order valence-corrected chi connectivity index (χ0v) is 11.3. The third kappa shape index (κ3) is 3.63. The third-order valence-electron chi connectivity index (χ3n) is 2.96. The van der Waals surface area contributed by atoms with E-state index in [-0.39, 0.29) is 18.6 Å². The number of para-hydroxylation sites is 1. The first-order valence-electron chi connectivity index (χ1n) is 6.62.